The summed E-state index contributed by atoms with van der Waals surface area (Å²) in [6.45, 7) is 5.29. The van der Waals surface area contributed by atoms with Crippen molar-refractivity contribution in [2.75, 3.05) is 10.2 Å². The normalized spacial score (nSPS) is 14.0. The van der Waals surface area contributed by atoms with E-state index in [-0.39, 0.29) is 17.5 Å². The quantitative estimate of drug-likeness (QED) is 0.320. The number of aryl methyl sites for hydroxylation is 1. The van der Waals surface area contributed by atoms with E-state index >= 15 is 0 Å². The first-order valence-electron chi connectivity index (χ1n) is 11.7. The highest BCUT2D eigenvalue weighted by Gasteiger charge is 2.47. The van der Waals surface area contributed by atoms with Crippen molar-refractivity contribution in [3.8, 4) is 11.1 Å². The first kappa shape index (κ1) is 24.3. The molecule has 37 heavy (non-hydrogen) atoms. The number of rotatable bonds is 4. The Labute approximate surface area is 212 Å². The van der Waals surface area contributed by atoms with E-state index in [1.54, 1.807) is 39.0 Å². The Morgan fingerprint density at radius 1 is 0.865 bits per heavy atom. The molecule has 4 nitrogen and oxygen atoms in total. The maximum absolute atomic E-state index is 14.7. The van der Waals surface area contributed by atoms with Crippen LogP contribution in [-0.2, 0) is 10.2 Å². The number of halogens is 3. The Balaban J connectivity index is 1.60. The van der Waals surface area contributed by atoms with E-state index in [2.05, 4.69) is 5.32 Å². The minimum absolute atomic E-state index is 0.155. The molecule has 186 valence electrons. The van der Waals surface area contributed by atoms with Gasteiger partial charge in [-0.25, -0.2) is 13.2 Å². The van der Waals surface area contributed by atoms with Crippen LogP contribution in [0.4, 0.5) is 30.2 Å². The highest BCUT2D eigenvalue weighted by atomic mass is 19.2. The number of nitrogens with zero attached hydrogens (tertiary/aromatic N) is 1. The average Bonchev–Trinajstić information content (AvgIpc) is 3.08. The van der Waals surface area contributed by atoms with Gasteiger partial charge in [-0.3, -0.25) is 14.5 Å². The molecule has 1 heterocycles. The van der Waals surface area contributed by atoms with Crippen molar-refractivity contribution < 1.29 is 22.8 Å². The molecule has 4 aromatic carbocycles. The number of anilines is 3. The fourth-order valence-corrected chi connectivity index (χ4v) is 4.79. The zero-order valence-corrected chi connectivity index (χ0v) is 20.4. The zero-order valence-electron chi connectivity index (χ0n) is 20.4. The van der Waals surface area contributed by atoms with E-state index in [4.69, 9.17) is 0 Å². The van der Waals surface area contributed by atoms with E-state index in [9.17, 15) is 22.8 Å². The summed E-state index contributed by atoms with van der Waals surface area (Å²) in [5.41, 5.74) is 2.89. The second-order valence-electron chi connectivity index (χ2n) is 9.53. The second-order valence-corrected chi connectivity index (χ2v) is 9.53. The Kier molecular flexibility index (Phi) is 5.86. The topological polar surface area (TPSA) is 49.4 Å². The number of benzene rings is 4. The molecule has 0 aliphatic carbocycles. The number of hydrogen-bond acceptors (Lipinski definition) is 2. The van der Waals surface area contributed by atoms with Crippen LogP contribution in [0.2, 0.25) is 0 Å². The van der Waals surface area contributed by atoms with Gasteiger partial charge in [0, 0.05) is 11.3 Å². The van der Waals surface area contributed by atoms with Gasteiger partial charge in [0.15, 0.2) is 11.6 Å². The first-order valence-corrected chi connectivity index (χ1v) is 11.7. The van der Waals surface area contributed by atoms with Gasteiger partial charge in [-0.1, -0.05) is 30.3 Å². The molecular weight excluding hydrogens is 477 g/mol. The molecule has 0 spiro atoms. The Bertz CT molecular complexity index is 1560. The van der Waals surface area contributed by atoms with Crippen molar-refractivity contribution in [3.05, 3.63) is 113 Å². The van der Waals surface area contributed by atoms with Gasteiger partial charge in [-0.2, -0.15) is 0 Å². The molecule has 1 aliphatic heterocycles. The van der Waals surface area contributed by atoms with E-state index in [1.807, 2.05) is 18.2 Å². The second kappa shape index (κ2) is 8.92. The average molecular weight is 501 g/mol. The molecule has 0 saturated carbocycles. The third-order valence-corrected chi connectivity index (χ3v) is 6.71. The number of fused-ring (bicyclic) bond motifs is 1. The van der Waals surface area contributed by atoms with Gasteiger partial charge in [0.1, 0.15) is 5.82 Å². The molecule has 5 rings (SSSR count). The SMILES string of the molecule is Cc1ccc(-c2cccc3c2C(C)(C)C(=O)N3c2cccc(F)c2F)cc1C(=O)Nc1ccc(F)cc1. The summed E-state index contributed by atoms with van der Waals surface area (Å²) in [5, 5.41) is 2.78. The number of amides is 2. The van der Waals surface area contributed by atoms with E-state index in [1.165, 1.54) is 41.3 Å². The summed E-state index contributed by atoms with van der Waals surface area (Å²) >= 11 is 0. The van der Waals surface area contributed by atoms with E-state index in [0.29, 0.717) is 33.6 Å². The number of nitrogens with one attached hydrogen (secondary N) is 1. The summed E-state index contributed by atoms with van der Waals surface area (Å²) in [6, 6.07) is 19.9. The minimum atomic E-state index is -1.10. The van der Waals surface area contributed by atoms with Crippen LogP contribution >= 0.6 is 0 Å². The molecule has 0 atom stereocenters. The predicted octanol–water partition coefficient (Wildman–Crippen LogP) is 7.29. The van der Waals surface area contributed by atoms with Crippen LogP contribution in [0, 0.1) is 24.4 Å². The molecular formula is C30H23F3N2O2. The molecule has 2 amide bonds. The van der Waals surface area contributed by atoms with Crippen LogP contribution in [0.15, 0.2) is 78.9 Å². The van der Waals surface area contributed by atoms with E-state index in [0.717, 1.165) is 11.6 Å². The van der Waals surface area contributed by atoms with Gasteiger partial charge in [-0.15, -0.1) is 0 Å². The molecule has 0 aromatic heterocycles. The maximum Gasteiger partial charge on any atom is 0.255 e. The van der Waals surface area contributed by atoms with Crippen LogP contribution in [0.25, 0.3) is 11.1 Å². The number of carbonyl (C=O) groups excluding carboxylic acids is 2. The third-order valence-electron chi connectivity index (χ3n) is 6.71. The maximum atomic E-state index is 14.7. The van der Waals surface area contributed by atoms with Crippen molar-refractivity contribution in [1.29, 1.82) is 0 Å². The van der Waals surface area contributed by atoms with Gasteiger partial charge in [0.2, 0.25) is 5.91 Å². The van der Waals surface area contributed by atoms with Gasteiger partial charge in [-0.05, 0) is 91.6 Å². The molecule has 0 radical (unpaired) electrons. The lowest BCUT2D eigenvalue weighted by atomic mass is 9.81. The predicted molar refractivity (Wildman–Crippen MR) is 137 cm³/mol. The molecule has 0 bridgehead atoms. The fraction of sp³-hybridized carbons (Fsp3) is 0.133. The largest absolute Gasteiger partial charge is 0.322 e. The fourth-order valence-electron chi connectivity index (χ4n) is 4.79. The van der Waals surface area contributed by atoms with Crippen molar-refractivity contribution in [1.82, 2.24) is 0 Å². The van der Waals surface area contributed by atoms with Crippen molar-refractivity contribution in [3.63, 3.8) is 0 Å². The monoisotopic (exact) mass is 500 g/mol. The summed E-state index contributed by atoms with van der Waals surface area (Å²) < 4.78 is 42.0. The van der Waals surface area contributed by atoms with Crippen LogP contribution < -0.4 is 10.2 Å². The van der Waals surface area contributed by atoms with Crippen LogP contribution in [0.3, 0.4) is 0 Å². The Hall–Kier alpha value is -4.39. The van der Waals surface area contributed by atoms with Crippen molar-refractivity contribution >= 4 is 28.9 Å². The van der Waals surface area contributed by atoms with Gasteiger partial charge < -0.3 is 5.32 Å². The van der Waals surface area contributed by atoms with Gasteiger partial charge in [0.25, 0.3) is 5.91 Å². The van der Waals surface area contributed by atoms with Gasteiger partial charge >= 0.3 is 0 Å². The lowest BCUT2D eigenvalue weighted by molar-refractivity contribution is -0.121. The third kappa shape index (κ3) is 4.06. The molecule has 1 aliphatic rings. The summed E-state index contributed by atoms with van der Waals surface area (Å²) in [7, 11) is 0. The first-order chi connectivity index (χ1) is 17.6. The van der Waals surface area contributed by atoms with Crippen molar-refractivity contribution in [2.45, 2.75) is 26.2 Å². The number of hydrogen-bond donors (Lipinski definition) is 1. The van der Waals surface area contributed by atoms with E-state index < -0.39 is 22.9 Å². The van der Waals surface area contributed by atoms with Crippen LogP contribution in [-0.4, -0.2) is 11.8 Å². The molecule has 0 fully saturated rings. The van der Waals surface area contributed by atoms with Crippen molar-refractivity contribution in [2.24, 2.45) is 0 Å². The molecule has 0 saturated heterocycles. The molecule has 7 heteroatoms. The molecule has 4 aromatic rings. The van der Waals surface area contributed by atoms with Gasteiger partial charge in [0.05, 0.1) is 16.8 Å². The lowest BCUT2D eigenvalue weighted by Crippen LogP contribution is -2.33. The Morgan fingerprint density at radius 2 is 1.54 bits per heavy atom. The highest BCUT2D eigenvalue weighted by molar-refractivity contribution is 6.14. The summed E-state index contributed by atoms with van der Waals surface area (Å²) in [6.07, 6.45) is 0. The number of carbonyl (C=O) groups is 2. The summed E-state index contributed by atoms with van der Waals surface area (Å²) in [5.74, 6) is -3.29. The standard InChI is InChI=1S/C30H23F3N2O2/c1-17-10-11-18(16-22(17)28(36)34-20-14-12-19(31)13-15-20)21-6-4-8-24-26(21)30(2,3)29(37)35(24)25-9-5-7-23(32)27(25)33/h4-16H,1-3H3,(H,34,36). The lowest BCUT2D eigenvalue weighted by Gasteiger charge is -2.21. The summed E-state index contributed by atoms with van der Waals surface area (Å²) in [4.78, 5) is 27.8. The zero-order chi connectivity index (χ0) is 26.5. The highest BCUT2D eigenvalue weighted by Crippen LogP contribution is 2.50. The molecule has 1 N–H and O–H groups in total. The van der Waals surface area contributed by atoms with Crippen LogP contribution in [0.1, 0.15) is 35.3 Å². The van der Waals surface area contributed by atoms with Crippen LogP contribution in [0.5, 0.6) is 0 Å². The minimum Gasteiger partial charge on any atom is -0.322 e. The Morgan fingerprint density at radius 3 is 2.27 bits per heavy atom. The molecule has 0 unspecified atom stereocenters. The smallest absolute Gasteiger partial charge is 0.255 e.